The molecule has 1 aromatic carbocycles. The molecule has 18 heavy (non-hydrogen) atoms. The topological polar surface area (TPSA) is 53.8 Å². The standard InChI is InChI=1S/C13H17N3OS/c1-8(2)7-16-12(14-15-13(16)18)10-5-4-6-11(17)9(10)3/h4-6,8,17H,7H2,1-3H3,(H,15,18). The normalized spacial score (nSPS) is 11.1. The lowest BCUT2D eigenvalue weighted by Crippen LogP contribution is -2.07. The Kier molecular flexibility index (Phi) is 3.52. The van der Waals surface area contributed by atoms with Gasteiger partial charge in [-0.1, -0.05) is 26.0 Å². The highest BCUT2D eigenvalue weighted by Gasteiger charge is 2.13. The fourth-order valence-electron chi connectivity index (χ4n) is 1.92. The van der Waals surface area contributed by atoms with Crippen molar-refractivity contribution in [3.63, 3.8) is 0 Å². The molecule has 0 unspecified atom stereocenters. The van der Waals surface area contributed by atoms with Crippen molar-refractivity contribution in [2.75, 3.05) is 0 Å². The number of aromatic nitrogens is 3. The number of phenolic OH excluding ortho intramolecular Hbond substituents is 1. The Labute approximate surface area is 111 Å². The number of hydrogen-bond donors (Lipinski definition) is 2. The van der Waals surface area contributed by atoms with Crippen LogP contribution in [0, 0.1) is 17.6 Å². The van der Waals surface area contributed by atoms with E-state index in [1.54, 1.807) is 6.07 Å². The molecular formula is C13H17N3OS. The maximum absolute atomic E-state index is 9.77. The molecule has 1 aromatic heterocycles. The lowest BCUT2D eigenvalue weighted by Gasteiger charge is -2.11. The van der Waals surface area contributed by atoms with Crippen LogP contribution in [0.1, 0.15) is 19.4 Å². The van der Waals surface area contributed by atoms with Crippen LogP contribution < -0.4 is 0 Å². The van der Waals surface area contributed by atoms with Crippen LogP contribution in [-0.4, -0.2) is 19.9 Å². The third-order valence-electron chi connectivity index (χ3n) is 2.85. The van der Waals surface area contributed by atoms with Gasteiger partial charge >= 0.3 is 0 Å². The third kappa shape index (κ3) is 2.31. The molecule has 0 saturated heterocycles. The molecule has 5 heteroatoms. The molecule has 0 radical (unpaired) electrons. The number of rotatable bonds is 3. The number of benzene rings is 1. The predicted molar refractivity (Wildman–Crippen MR) is 74.1 cm³/mol. The van der Waals surface area contributed by atoms with Crippen molar-refractivity contribution in [2.45, 2.75) is 27.3 Å². The molecule has 0 bridgehead atoms. The summed E-state index contributed by atoms with van der Waals surface area (Å²) in [5.74, 6) is 1.53. The van der Waals surface area contributed by atoms with Crippen molar-refractivity contribution in [1.29, 1.82) is 0 Å². The zero-order valence-electron chi connectivity index (χ0n) is 10.8. The molecule has 0 aliphatic heterocycles. The fourth-order valence-corrected chi connectivity index (χ4v) is 2.13. The van der Waals surface area contributed by atoms with E-state index in [1.165, 1.54) is 0 Å². The molecular weight excluding hydrogens is 246 g/mol. The van der Waals surface area contributed by atoms with Gasteiger partial charge in [-0.15, -0.1) is 0 Å². The predicted octanol–water partition coefficient (Wildman–Crippen LogP) is 3.28. The van der Waals surface area contributed by atoms with Gasteiger partial charge in [0.2, 0.25) is 0 Å². The SMILES string of the molecule is Cc1c(O)cccc1-c1n[nH]c(=S)n1CC(C)C. The summed E-state index contributed by atoms with van der Waals surface area (Å²) in [5, 5.41) is 16.9. The molecule has 0 aliphatic rings. The average Bonchev–Trinajstić information content (AvgIpc) is 2.64. The molecule has 4 nitrogen and oxygen atoms in total. The zero-order valence-corrected chi connectivity index (χ0v) is 11.6. The summed E-state index contributed by atoms with van der Waals surface area (Å²) in [7, 11) is 0. The van der Waals surface area contributed by atoms with E-state index in [0.29, 0.717) is 10.7 Å². The van der Waals surface area contributed by atoms with Crippen molar-refractivity contribution in [3.8, 4) is 17.1 Å². The maximum Gasteiger partial charge on any atom is 0.195 e. The van der Waals surface area contributed by atoms with Gasteiger partial charge in [0.05, 0.1) is 0 Å². The molecule has 2 rings (SSSR count). The summed E-state index contributed by atoms with van der Waals surface area (Å²) in [6.45, 7) is 6.95. The second-order valence-electron chi connectivity index (χ2n) is 4.81. The Bertz CT molecular complexity index is 613. The van der Waals surface area contributed by atoms with E-state index in [0.717, 1.165) is 23.5 Å². The van der Waals surface area contributed by atoms with E-state index in [-0.39, 0.29) is 5.75 Å². The minimum atomic E-state index is 0.275. The van der Waals surface area contributed by atoms with Gasteiger partial charge in [-0.25, -0.2) is 0 Å². The van der Waals surface area contributed by atoms with Crippen LogP contribution in [0.2, 0.25) is 0 Å². The Morgan fingerprint density at radius 2 is 2.17 bits per heavy atom. The molecule has 0 aliphatic carbocycles. The van der Waals surface area contributed by atoms with Crippen LogP contribution in [0.3, 0.4) is 0 Å². The van der Waals surface area contributed by atoms with Crippen molar-refractivity contribution >= 4 is 12.2 Å². The Hall–Kier alpha value is -1.62. The highest BCUT2D eigenvalue weighted by atomic mass is 32.1. The fraction of sp³-hybridized carbons (Fsp3) is 0.385. The second-order valence-corrected chi connectivity index (χ2v) is 5.19. The van der Waals surface area contributed by atoms with Crippen LogP contribution in [0.4, 0.5) is 0 Å². The Morgan fingerprint density at radius 1 is 1.44 bits per heavy atom. The number of H-pyrrole nitrogens is 1. The quantitative estimate of drug-likeness (QED) is 0.836. The number of phenols is 1. The van der Waals surface area contributed by atoms with E-state index >= 15 is 0 Å². The first-order valence-corrected chi connectivity index (χ1v) is 6.35. The molecule has 96 valence electrons. The number of aromatic amines is 1. The highest BCUT2D eigenvalue weighted by Crippen LogP contribution is 2.28. The molecule has 0 fully saturated rings. The van der Waals surface area contributed by atoms with E-state index in [2.05, 4.69) is 24.0 Å². The highest BCUT2D eigenvalue weighted by molar-refractivity contribution is 7.71. The largest absolute Gasteiger partial charge is 0.508 e. The van der Waals surface area contributed by atoms with Crippen molar-refractivity contribution < 1.29 is 5.11 Å². The lowest BCUT2D eigenvalue weighted by atomic mass is 10.1. The number of nitrogens with zero attached hydrogens (tertiary/aromatic N) is 2. The number of aromatic hydroxyl groups is 1. The van der Waals surface area contributed by atoms with E-state index in [4.69, 9.17) is 12.2 Å². The van der Waals surface area contributed by atoms with Gasteiger partial charge in [-0.2, -0.15) is 5.10 Å². The first kappa shape index (κ1) is 12.8. The Balaban J connectivity index is 2.58. The second kappa shape index (κ2) is 4.94. The van der Waals surface area contributed by atoms with Crippen LogP contribution in [-0.2, 0) is 6.54 Å². The van der Waals surface area contributed by atoms with E-state index in [1.807, 2.05) is 23.6 Å². The molecule has 1 heterocycles. The summed E-state index contributed by atoms with van der Waals surface area (Å²) in [5.41, 5.74) is 1.72. The van der Waals surface area contributed by atoms with Crippen LogP contribution in [0.25, 0.3) is 11.4 Å². The van der Waals surface area contributed by atoms with Crippen molar-refractivity contribution in [2.24, 2.45) is 5.92 Å². The summed E-state index contributed by atoms with van der Waals surface area (Å²) < 4.78 is 2.59. The first-order valence-electron chi connectivity index (χ1n) is 5.95. The van der Waals surface area contributed by atoms with E-state index < -0.39 is 0 Å². The van der Waals surface area contributed by atoms with Gasteiger partial charge in [0.15, 0.2) is 10.6 Å². The summed E-state index contributed by atoms with van der Waals surface area (Å²) >= 11 is 5.25. The van der Waals surface area contributed by atoms with Gasteiger partial charge in [-0.05, 0) is 31.1 Å². The van der Waals surface area contributed by atoms with Gasteiger partial charge in [0, 0.05) is 17.7 Å². The van der Waals surface area contributed by atoms with Gasteiger partial charge in [0.1, 0.15) is 5.75 Å². The summed E-state index contributed by atoms with van der Waals surface area (Å²) in [6, 6.07) is 5.43. The first-order chi connectivity index (χ1) is 8.50. The monoisotopic (exact) mass is 263 g/mol. The minimum absolute atomic E-state index is 0.275. The third-order valence-corrected chi connectivity index (χ3v) is 3.16. The van der Waals surface area contributed by atoms with Crippen molar-refractivity contribution in [3.05, 3.63) is 28.5 Å². The summed E-state index contributed by atoms with van der Waals surface area (Å²) in [6.07, 6.45) is 0. The Morgan fingerprint density at radius 3 is 2.83 bits per heavy atom. The molecule has 2 aromatic rings. The van der Waals surface area contributed by atoms with Gasteiger partial charge in [-0.3, -0.25) is 9.67 Å². The van der Waals surface area contributed by atoms with Crippen molar-refractivity contribution in [1.82, 2.24) is 14.8 Å². The van der Waals surface area contributed by atoms with Gasteiger partial charge in [0.25, 0.3) is 0 Å². The average molecular weight is 263 g/mol. The maximum atomic E-state index is 9.77. The molecule has 0 saturated carbocycles. The van der Waals surface area contributed by atoms with Crippen LogP contribution >= 0.6 is 12.2 Å². The zero-order chi connectivity index (χ0) is 13.3. The lowest BCUT2D eigenvalue weighted by molar-refractivity contribution is 0.471. The minimum Gasteiger partial charge on any atom is -0.508 e. The van der Waals surface area contributed by atoms with E-state index in [9.17, 15) is 5.11 Å². The molecule has 0 spiro atoms. The molecule has 2 N–H and O–H groups in total. The smallest absolute Gasteiger partial charge is 0.195 e. The van der Waals surface area contributed by atoms with Gasteiger partial charge < -0.3 is 5.11 Å². The molecule has 0 amide bonds. The summed E-state index contributed by atoms with van der Waals surface area (Å²) in [4.78, 5) is 0. The van der Waals surface area contributed by atoms with Crippen LogP contribution in [0.15, 0.2) is 18.2 Å². The number of nitrogens with one attached hydrogen (secondary N) is 1. The molecule has 0 atom stereocenters. The number of hydrogen-bond acceptors (Lipinski definition) is 3. The van der Waals surface area contributed by atoms with Crippen LogP contribution in [0.5, 0.6) is 5.75 Å².